The number of cyclic esters (lactones) is 1. The molecule has 0 N–H and O–H groups in total. The molecule has 0 aromatic heterocycles. The van der Waals surface area contributed by atoms with Gasteiger partial charge in [0.05, 0.1) is 4.92 Å². The topological polar surface area (TPSA) is 91.0 Å². The summed E-state index contributed by atoms with van der Waals surface area (Å²) in [6.07, 6.45) is 3.52. The van der Waals surface area contributed by atoms with Crippen molar-refractivity contribution in [2.75, 3.05) is 6.61 Å². The van der Waals surface area contributed by atoms with E-state index in [0.29, 0.717) is 12.2 Å². The van der Waals surface area contributed by atoms with Crippen LogP contribution in [0.3, 0.4) is 0 Å². The van der Waals surface area contributed by atoms with Gasteiger partial charge in [0, 0.05) is 23.3 Å². The molecule has 0 saturated carbocycles. The lowest BCUT2D eigenvalue weighted by Crippen LogP contribution is -2.08. The van der Waals surface area contributed by atoms with Gasteiger partial charge in [-0.15, -0.1) is 0 Å². The molecule has 4 rings (SSSR count). The molecule has 0 radical (unpaired) electrons. The number of non-ortho nitro benzene ring substituents is 1. The number of hydrogen-bond donors (Lipinski definition) is 0. The van der Waals surface area contributed by atoms with Gasteiger partial charge in [-0.2, -0.15) is 0 Å². The zero-order valence-corrected chi connectivity index (χ0v) is 13.4. The number of carbonyl (C=O) groups is 1. The summed E-state index contributed by atoms with van der Waals surface area (Å²) < 4.78 is 10.8. The molecule has 2 aliphatic heterocycles. The number of carbonyl (C=O) groups excluding carboxylic acids is 1. The van der Waals surface area contributed by atoms with E-state index in [0.717, 1.165) is 16.9 Å². The van der Waals surface area contributed by atoms with E-state index in [4.69, 9.17) is 9.47 Å². The van der Waals surface area contributed by atoms with E-state index in [1.165, 1.54) is 18.2 Å². The van der Waals surface area contributed by atoms with Gasteiger partial charge in [-0.05, 0) is 29.9 Å². The van der Waals surface area contributed by atoms with Crippen LogP contribution in [-0.2, 0) is 9.53 Å². The lowest BCUT2D eigenvalue weighted by Gasteiger charge is -2.15. The second-order valence-corrected chi connectivity index (χ2v) is 5.69. The molecular formula is C19H12N2O5. The van der Waals surface area contributed by atoms with Crippen LogP contribution in [0.5, 0.6) is 5.75 Å². The quantitative estimate of drug-likeness (QED) is 0.367. The molecule has 2 aromatic carbocycles. The minimum Gasteiger partial charge on any atom is -0.488 e. The largest absolute Gasteiger partial charge is 0.488 e. The van der Waals surface area contributed by atoms with Gasteiger partial charge in [-0.1, -0.05) is 24.3 Å². The van der Waals surface area contributed by atoms with Crippen LogP contribution < -0.4 is 4.74 Å². The van der Waals surface area contributed by atoms with Crippen LogP contribution in [0.1, 0.15) is 11.1 Å². The second kappa shape index (κ2) is 6.29. The number of nitrogens with zero attached hydrogens (tertiary/aromatic N) is 2. The monoisotopic (exact) mass is 348 g/mol. The highest BCUT2D eigenvalue weighted by Crippen LogP contribution is 2.28. The Bertz CT molecular complexity index is 1020. The average Bonchev–Trinajstić information content (AvgIpc) is 3.02. The van der Waals surface area contributed by atoms with Gasteiger partial charge in [-0.25, -0.2) is 9.79 Å². The van der Waals surface area contributed by atoms with Gasteiger partial charge < -0.3 is 9.47 Å². The van der Waals surface area contributed by atoms with Crippen molar-refractivity contribution in [3.63, 3.8) is 0 Å². The number of benzene rings is 2. The van der Waals surface area contributed by atoms with Crippen molar-refractivity contribution < 1.29 is 19.2 Å². The van der Waals surface area contributed by atoms with Gasteiger partial charge in [-0.3, -0.25) is 10.1 Å². The molecule has 0 saturated heterocycles. The summed E-state index contributed by atoms with van der Waals surface area (Å²) in [6, 6.07) is 13.4. The zero-order valence-electron chi connectivity index (χ0n) is 13.4. The van der Waals surface area contributed by atoms with E-state index in [9.17, 15) is 14.9 Å². The van der Waals surface area contributed by atoms with Crippen LogP contribution in [0.15, 0.2) is 70.9 Å². The number of nitro benzene ring substituents is 1. The molecule has 0 spiro atoms. The van der Waals surface area contributed by atoms with Crippen LogP contribution in [0.2, 0.25) is 0 Å². The Morgan fingerprint density at radius 3 is 2.85 bits per heavy atom. The molecule has 7 heteroatoms. The summed E-state index contributed by atoms with van der Waals surface area (Å²) in [4.78, 5) is 26.6. The average molecular weight is 348 g/mol. The Labute approximate surface area is 148 Å². The molecule has 0 atom stereocenters. The van der Waals surface area contributed by atoms with E-state index < -0.39 is 10.9 Å². The Kier molecular flexibility index (Phi) is 3.81. The fraction of sp³-hybridized carbons (Fsp3) is 0.0526. The van der Waals surface area contributed by atoms with Crippen molar-refractivity contribution in [2.24, 2.45) is 4.99 Å². The van der Waals surface area contributed by atoms with Crippen LogP contribution in [0.4, 0.5) is 5.69 Å². The molecule has 0 aliphatic carbocycles. The van der Waals surface area contributed by atoms with Gasteiger partial charge in [0.25, 0.3) is 5.69 Å². The summed E-state index contributed by atoms with van der Waals surface area (Å²) in [5, 5.41) is 10.9. The van der Waals surface area contributed by atoms with Crippen molar-refractivity contribution in [3.05, 3.63) is 87.1 Å². The third-order valence-electron chi connectivity index (χ3n) is 3.90. The Hall–Kier alpha value is -3.74. The lowest BCUT2D eigenvalue weighted by atomic mass is 10.1. The molecule has 128 valence electrons. The number of nitro groups is 1. The van der Waals surface area contributed by atoms with E-state index >= 15 is 0 Å². The molecule has 0 amide bonds. The number of fused-ring (bicyclic) bond motifs is 1. The normalized spacial score (nSPS) is 17.1. The van der Waals surface area contributed by atoms with E-state index in [1.807, 2.05) is 30.3 Å². The molecular weight excluding hydrogens is 336 g/mol. The molecule has 2 aromatic rings. The number of rotatable bonds is 3. The minimum absolute atomic E-state index is 0.0441. The van der Waals surface area contributed by atoms with Gasteiger partial charge in [0.15, 0.2) is 5.70 Å². The van der Waals surface area contributed by atoms with E-state index in [1.54, 1.807) is 12.1 Å². The Morgan fingerprint density at radius 1 is 1.15 bits per heavy atom. The van der Waals surface area contributed by atoms with Crippen LogP contribution in [0, 0.1) is 10.1 Å². The maximum atomic E-state index is 12.1. The highest BCUT2D eigenvalue weighted by Gasteiger charge is 2.26. The van der Waals surface area contributed by atoms with Crippen molar-refractivity contribution in [1.29, 1.82) is 0 Å². The second-order valence-electron chi connectivity index (χ2n) is 5.69. The van der Waals surface area contributed by atoms with E-state index in [2.05, 4.69) is 4.99 Å². The highest BCUT2D eigenvalue weighted by atomic mass is 16.6. The number of esters is 1. The van der Waals surface area contributed by atoms with Crippen molar-refractivity contribution in [3.8, 4) is 5.75 Å². The van der Waals surface area contributed by atoms with Crippen molar-refractivity contribution in [1.82, 2.24) is 0 Å². The maximum Gasteiger partial charge on any atom is 0.363 e. The maximum absolute atomic E-state index is 12.1. The number of aliphatic imine (C=N–C) groups is 1. The summed E-state index contributed by atoms with van der Waals surface area (Å²) in [7, 11) is 0. The predicted molar refractivity (Wildman–Crippen MR) is 93.7 cm³/mol. The zero-order chi connectivity index (χ0) is 18.1. The van der Waals surface area contributed by atoms with Crippen LogP contribution in [0.25, 0.3) is 6.08 Å². The highest BCUT2D eigenvalue weighted by molar-refractivity contribution is 6.11. The van der Waals surface area contributed by atoms with Gasteiger partial charge >= 0.3 is 5.97 Å². The summed E-state index contributed by atoms with van der Waals surface area (Å²) in [5.74, 6) is 0.221. The number of hydrogen-bond acceptors (Lipinski definition) is 6. The molecule has 2 aliphatic rings. The van der Waals surface area contributed by atoms with Gasteiger partial charge in [0.1, 0.15) is 12.4 Å². The first-order chi connectivity index (χ1) is 12.6. The number of ether oxygens (including phenoxy) is 2. The third kappa shape index (κ3) is 2.98. The van der Waals surface area contributed by atoms with E-state index in [-0.39, 0.29) is 17.3 Å². The number of para-hydroxylation sites is 1. The van der Waals surface area contributed by atoms with Crippen LogP contribution >= 0.6 is 0 Å². The standard InChI is InChI=1S/C19H12N2O5/c22-19-16(9-12-8-13-4-1-2-7-17(13)25-11-12)20-18(26-19)14-5-3-6-15(10-14)21(23)24/h1-10H,11H2/b16-9+. The fourth-order valence-corrected chi connectivity index (χ4v) is 2.68. The van der Waals surface area contributed by atoms with Crippen molar-refractivity contribution >= 4 is 23.6 Å². The SMILES string of the molecule is O=C1OC(c2cccc([N+](=O)[O-])c2)=N/C1=C/C1=Cc2ccccc2OC1. The summed E-state index contributed by atoms with van der Waals surface area (Å²) in [5.41, 5.74) is 2.09. The predicted octanol–water partition coefficient (Wildman–Crippen LogP) is 3.26. The molecule has 26 heavy (non-hydrogen) atoms. The third-order valence-corrected chi connectivity index (χ3v) is 3.90. The Morgan fingerprint density at radius 2 is 2.00 bits per heavy atom. The lowest BCUT2D eigenvalue weighted by molar-refractivity contribution is -0.384. The van der Waals surface area contributed by atoms with Crippen molar-refractivity contribution in [2.45, 2.75) is 0 Å². The van der Waals surface area contributed by atoms with Crippen LogP contribution in [-0.4, -0.2) is 23.4 Å². The fourth-order valence-electron chi connectivity index (χ4n) is 2.68. The molecule has 2 heterocycles. The Balaban J connectivity index is 1.65. The summed E-state index contributed by atoms with van der Waals surface area (Å²) >= 11 is 0. The smallest absolute Gasteiger partial charge is 0.363 e. The van der Waals surface area contributed by atoms with Gasteiger partial charge in [0.2, 0.25) is 5.90 Å². The minimum atomic E-state index is -0.605. The molecule has 7 nitrogen and oxygen atoms in total. The molecule has 0 bridgehead atoms. The molecule has 0 unspecified atom stereocenters. The summed E-state index contributed by atoms with van der Waals surface area (Å²) in [6.45, 7) is 0.315. The molecule has 0 fully saturated rings. The first-order valence-corrected chi connectivity index (χ1v) is 7.80. The first kappa shape index (κ1) is 15.8. The first-order valence-electron chi connectivity index (χ1n) is 7.80.